The van der Waals surface area contributed by atoms with Crippen LogP contribution < -0.4 is 15.5 Å². The molecule has 1 fully saturated rings. The fourth-order valence-corrected chi connectivity index (χ4v) is 6.26. The second kappa shape index (κ2) is 13.2. The topological polar surface area (TPSA) is 92.2 Å². The summed E-state index contributed by atoms with van der Waals surface area (Å²) in [5.74, 6) is 5.68. The Morgan fingerprint density at radius 3 is 2.64 bits per heavy atom. The molecule has 1 saturated carbocycles. The zero-order valence-electron chi connectivity index (χ0n) is 24.5. The predicted octanol–water partition coefficient (Wildman–Crippen LogP) is 5.85. The Hall–Kier alpha value is -4.17. The highest BCUT2D eigenvalue weighted by molar-refractivity contribution is 6.10. The van der Waals surface area contributed by atoms with Crippen molar-refractivity contribution in [2.75, 3.05) is 18.0 Å². The van der Waals surface area contributed by atoms with Crippen LogP contribution in [0.25, 0.3) is 0 Å². The molecule has 2 heterocycles. The van der Waals surface area contributed by atoms with Crippen molar-refractivity contribution in [1.82, 2.24) is 25.4 Å². The Morgan fingerprint density at radius 2 is 1.98 bits per heavy atom. The smallest absolute Gasteiger partial charge is 0.345 e. The van der Waals surface area contributed by atoms with Crippen molar-refractivity contribution in [3.8, 4) is 11.8 Å². The van der Waals surface area contributed by atoms with Gasteiger partial charge in [0.1, 0.15) is 12.2 Å². The molecule has 2 aliphatic rings. The number of rotatable bonds is 9. The van der Waals surface area contributed by atoms with Crippen molar-refractivity contribution in [2.24, 2.45) is 13.0 Å². The fourth-order valence-electron chi connectivity index (χ4n) is 6.26. The molecule has 44 heavy (non-hydrogen) atoms. The van der Waals surface area contributed by atoms with Crippen LogP contribution in [0, 0.1) is 17.8 Å². The Labute approximate surface area is 259 Å². The van der Waals surface area contributed by atoms with E-state index in [0.717, 1.165) is 30.3 Å². The molecule has 8 nitrogen and oxygen atoms in total. The van der Waals surface area contributed by atoms with E-state index in [2.05, 4.69) is 39.6 Å². The molecular formula is C33H43F3N6O2. The Balaban J connectivity index is 0.00000245. The summed E-state index contributed by atoms with van der Waals surface area (Å²) in [6.07, 6.45) is -0.0484. The van der Waals surface area contributed by atoms with E-state index in [1.807, 2.05) is 36.7 Å². The number of halogens is 3. The maximum Gasteiger partial charge on any atom is 0.416 e. The van der Waals surface area contributed by atoms with Crippen molar-refractivity contribution < 1.29 is 25.6 Å². The molecule has 0 bridgehead atoms. The highest BCUT2D eigenvalue weighted by Crippen LogP contribution is 2.52. The number of nitrogens with one attached hydrogen (secondary N) is 2. The minimum absolute atomic E-state index is 0. The first kappa shape index (κ1) is 32.7. The van der Waals surface area contributed by atoms with Gasteiger partial charge in [-0.3, -0.25) is 9.59 Å². The summed E-state index contributed by atoms with van der Waals surface area (Å²) in [6.45, 7) is 4.88. The number of amides is 2. The van der Waals surface area contributed by atoms with Crippen LogP contribution in [0.1, 0.15) is 88.2 Å². The molecular weight excluding hydrogens is 569 g/mol. The van der Waals surface area contributed by atoms with Gasteiger partial charge in [-0.1, -0.05) is 39.3 Å². The lowest BCUT2D eigenvalue weighted by molar-refractivity contribution is -0.138. The van der Waals surface area contributed by atoms with Crippen molar-refractivity contribution in [3.05, 3.63) is 76.4 Å². The maximum absolute atomic E-state index is 14.2. The third-order valence-corrected chi connectivity index (χ3v) is 8.17. The minimum atomic E-state index is -4.61. The SMILES string of the molecule is C.CCC#CC(=O)NCCCNCc1cc2c(c(C(F)(F)F)c1)CN(c1cccc(C3(c4nncn4C)CC(C)C3)c1)C2=O.[HH].[HH]. The summed E-state index contributed by atoms with van der Waals surface area (Å²) >= 11 is 0. The first-order valence-corrected chi connectivity index (χ1v) is 14.5. The van der Waals surface area contributed by atoms with E-state index in [0.29, 0.717) is 43.1 Å². The van der Waals surface area contributed by atoms with Gasteiger partial charge in [0.05, 0.1) is 17.5 Å². The molecule has 0 spiro atoms. The molecule has 3 aromatic rings. The predicted molar refractivity (Wildman–Crippen MR) is 167 cm³/mol. The number of hydrogen-bond donors (Lipinski definition) is 2. The number of carbonyl (C=O) groups excluding carboxylic acids is 2. The molecule has 0 radical (unpaired) electrons. The van der Waals surface area contributed by atoms with Crippen LogP contribution in [0.3, 0.4) is 0 Å². The van der Waals surface area contributed by atoms with E-state index < -0.39 is 17.6 Å². The number of fused-ring (bicyclic) bond motifs is 1. The average molecular weight is 613 g/mol. The number of anilines is 1. The van der Waals surface area contributed by atoms with Crippen LogP contribution in [-0.4, -0.2) is 39.7 Å². The monoisotopic (exact) mass is 612 g/mol. The molecule has 1 aliphatic carbocycles. The van der Waals surface area contributed by atoms with Gasteiger partial charge in [0.25, 0.3) is 11.8 Å². The summed E-state index contributed by atoms with van der Waals surface area (Å²) in [5, 5.41) is 14.2. The molecule has 0 atom stereocenters. The third kappa shape index (κ3) is 6.50. The lowest BCUT2D eigenvalue weighted by atomic mass is 9.58. The van der Waals surface area contributed by atoms with Gasteiger partial charge in [-0.25, -0.2) is 0 Å². The van der Waals surface area contributed by atoms with Crippen LogP contribution in [0.5, 0.6) is 0 Å². The van der Waals surface area contributed by atoms with E-state index in [4.69, 9.17) is 0 Å². The summed E-state index contributed by atoms with van der Waals surface area (Å²) < 4.78 is 44.6. The zero-order chi connectivity index (χ0) is 30.8. The number of benzene rings is 2. The van der Waals surface area contributed by atoms with Crippen molar-refractivity contribution in [2.45, 2.75) is 71.6 Å². The normalized spacial score (nSPS) is 19.0. The van der Waals surface area contributed by atoms with E-state index in [9.17, 15) is 22.8 Å². The van der Waals surface area contributed by atoms with Crippen LogP contribution in [0.4, 0.5) is 18.9 Å². The summed E-state index contributed by atoms with van der Waals surface area (Å²) in [4.78, 5) is 26.6. The van der Waals surface area contributed by atoms with Gasteiger partial charge in [0.2, 0.25) is 0 Å². The summed E-state index contributed by atoms with van der Waals surface area (Å²) in [6, 6.07) is 10.2. The van der Waals surface area contributed by atoms with E-state index >= 15 is 0 Å². The molecule has 2 N–H and O–H groups in total. The van der Waals surface area contributed by atoms with Crippen molar-refractivity contribution in [3.63, 3.8) is 0 Å². The summed E-state index contributed by atoms with van der Waals surface area (Å²) in [5.41, 5.74) is 0.798. The first-order valence-electron chi connectivity index (χ1n) is 14.5. The Bertz CT molecular complexity index is 1590. The second-order valence-corrected chi connectivity index (χ2v) is 11.4. The molecule has 5 rings (SSSR count). The van der Waals surface area contributed by atoms with E-state index in [-0.39, 0.29) is 45.8 Å². The number of hydrogen-bond acceptors (Lipinski definition) is 5. The van der Waals surface area contributed by atoms with Crippen molar-refractivity contribution in [1.29, 1.82) is 0 Å². The largest absolute Gasteiger partial charge is 0.416 e. The zero-order valence-corrected chi connectivity index (χ0v) is 24.5. The number of carbonyl (C=O) groups is 2. The van der Waals surface area contributed by atoms with Gasteiger partial charge in [0, 0.05) is 40.7 Å². The fraction of sp³-hybridized carbons (Fsp3) is 0.455. The number of aromatic nitrogens is 3. The van der Waals surface area contributed by atoms with Crippen molar-refractivity contribution >= 4 is 17.5 Å². The lowest BCUT2D eigenvalue weighted by Gasteiger charge is -2.46. The lowest BCUT2D eigenvalue weighted by Crippen LogP contribution is -2.43. The van der Waals surface area contributed by atoms with Gasteiger partial charge < -0.3 is 20.1 Å². The van der Waals surface area contributed by atoms with Crippen LogP contribution >= 0.6 is 0 Å². The van der Waals surface area contributed by atoms with Gasteiger partial charge in [0.15, 0.2) is 0 Å². The quantitative estimate of drug-likeness (QED) is 0.234. The van der Waals surface area contributed by atoms with Crippen LogP contribution in [0.15, 0.2) is 42.7 Å². The first-order chi connectivity index (χ1) is 20.5. The average Bonchev–Trinajstić information content (AvgIpc) is 3.53. The van der Waals surface area contributed by atoms with E-state index in [1.165, 1.54) is 4.90 Å². The molecule has 1 aliphatic heterocycles. The molecule has 0 saturated heterocycles. The van der Waals surface area contributed by atoms with Gasteiger partial charge >= 0.3 is 6.18 Å². The van der Waals surface area contributed by atoms with Gasteiger partial charge in [-0.15, -0.1) is 10.2 Å². The molecule has 238 valence electrons. The van der Waals surface area contributed by atoms with E-state index in [1.54, 1.807) is 18.5 Å². The second-order valence-electron chi connectivity index (χ2n) is 11.4. The summed E-state index contributed by atoms with van der Waals surface area (Å²) in [7, 11) is 1.90. The molecule has 11 heteroatoms. The Morgan fingerprint density at radius 1 is 1.20 bits per heavy atom. The highest BCUT2D eigenvalue weighted by atomic mass is 19.4. The molecule has 2 aromatic carbocycles. The standard InChI is InChI=1S/C32H35F3N6O2.CH4.2H2/c1-4-5-10-28(42)37-12-7-11-36-18-22-13-25-26(27(14-22)32(33,34)35)19-41(29(25)43)24-9-6-8-23(15-24)31(16-21(2)17-31)30-39-38-20-40(30)3;;;/h6,8-9,13-15,20-21,36H,4,7,11-12,16-19H2,1-3H3,(H,37,42);1H4;2*1H. The highest BCUT2D eigenvalue weighted by Gasteiger charge is 2.48. The third-order valence-electron chi connectivity index (χ3n) is 8.17. The Kier molecular flexibility index (Phi) is 9.84. The molecule has 1 aromatic heterocycles. The van der Waals surface area contributed by atoms with Crippen LogP contribution in [0.2, 0.25) is 0 Å². The van der Waals surface area contributed by atoms with Gasteiger partial charge in [-0.2, -0.15) is 13.2 Å². The van der Waals surface area contributed by atoms with Gasteiger partial charge in [-0.05, 0) is 78.6 Å². The number of aryl methyl sites for hydroxylation is 1. The maximum atomic E-state index is 14.2. The molecule has 2 amide bonds. The number of alkyl halides is 3. The van der Waals surface area contributed by atoms with Crippen LogP contribution in [-0.2, 0) is 36.5 Å². The number of nitrogens with zero attached hydrogens (tertiary/aromatic N) is 4. The molecule has 0 unspecified atom stereocenters. The minimum Gasteiger partial charge on any atom is -0.345 e.